The summed E-state index contributed by atoms with van der Waals surface area (Å²) in [5.74, 6) is -2.10. The smallest absolute Gasteiger partial charge is 0.263 e. The first-order valence-corrected chi connectivity index (χ1v) is 7.11. The quantitative estimate of drug-likeness (QED) is 0.872. The van der Waals surface area contributed by atoms with Crippen molar-refractivity contribution in [2.24, 2.45) is 0 Å². The third-order valence-electron chi connectivity index (χ3n) is 3.59. The summed E-state index contributed by atoms with van der Waals surface area (Å²) in [7, 11) is 1.37. The molecule has 3 rings (SSSR count). The van der Waals surface area contributed by atoms with E-state index in [1.54, 1.807) is 12.1 Å². The average Bonchev–Trinajstić information content (AvgIpc) is 2.80. The summed E-state index contributed by atoms with van der Waals surface area (Å²) in [6.45, 7) is -0.428. The van der Waals surface area contributed by atoms with Crippen LogP contribution < -0.4 is 10.1 Å². The molecule has 1 N–H and O–H groups in total. The predicted molar refractivity (Wildman–Crippen MR) is 83.4 cm³/mol. The van der Waals surface area contributed by atoms with Crippen molar-refractivity contribution in [3.8, 4) is 5.75 Å². The Bertz CT molecular complexity index is 850. The molecule has 0 unspecified atom stereocenters. The van der Waals surface area contributed by atoms with Crippen molar-refractivity contribution in [1.29, 1.82) is 0 Å². The number of para-hydroxylation sites is 1. The lowest BCUT2D eigenvalue weighted by atomic mass is 10.1. The van der Waals surface area contributed by atoms with E-state index in [1.165, 1.54) is 37.4 Å². The van der Waals surface area contributed by atoms with Gasteiger partial charge >= 0.3 is 0 Å². The number of carbonyl (C=O) groups is 3. The van der Waals surface area contributed by atoms with Gasteiger partial charge in [-0.05, 0) is 24.3 Å². The molecular weight excluding hydrogens is 315 g/mol. The second-order valence-corrected chi connectivity index (χ2v) is 5.16. The number of rotatable bonds is 4. The van der Waals surface area contributed by atoms with Gasteiger partial charge in [0.25, 0.3) is 17.7 Å². The van der Waals surface area contributed by atoms with Crippen LogP contribution in [0, 0.1) is 5.82 Å². The number of anilines is 1. The van der Waals surface area contributed by atoms with E-state index in [-0.39, 0.29) is 22.6 Å². The normalized spacial score (nSPS) is 13.0. The van der Waals surface area contributed by atoms with Crippen molar-refractivity contribution in [2.75, 3.05) is 19.0 Å². The van der Waals surface area contributed by atoms with E-state index >= 15 is 0 Å². The van der Waals surface area contributed by atoms with Gasteiger partial charge in [-0.3, -0.25) is 19.3 Å². The molecule has 122 valence electrons. The van der Waals surface area contributed by atoms with Gasteiger partial charge < -0.3 is 10.1 Å². The van der Waals surface area contributed by atoms with Gasteiger partial charge in [-0.15, -0.1) is 0 Å². The Morgan fingerprint density at radius 3 is 2.62 bits per heavy atom. The van der Waals surface area contributed by atoms with Crippen molar-refractivity contribution in [1.82, 2.24) is 4.90 Å². The highest BCUT2D eigenvalue weighted by Gasteiger charge is 2.35. The van der Waals surface area contributed by atoms with E-state index < -0.39 is 30.1 Å². The van der Waals surface area contributed by atoms with E-state index in [0.717, 1.165) is 4.90 Å². The van der Waals surface area contributed by atoms with Crippen molar-refractivity contribution in [2.45, 2.75) is 0 Å². The Balaban J connectivity index is 1.74. The minimum Gasteiger partial charge on any atom is -0.481 e. The Morgan fingerprint density at radius 2 is 1.88 bits per heavy atom. The Kier molecular flexibility index (Phi) is 3.99. The molecule has 2 aromatic carbocycles. The molecule has 1 aliphatic heterocycles. The maximum Gasteiger partial charge on any atom is 0.263 e. The predicted octanol–water partition coefficient (Wildman–Crippen LogP) is 2.07. The fourth-order valence-corrected chi connectivity index (χ4v) is 2.40. The van der Waals surface area contributed by atoms with Gasteiger partial charge in [-0.25, -0.2) is 4.39 Å². The molecular formula is C17H13FN2O4. The molecule has 0 fully saturated rings. The second kappa shape index (κ2) is 6.11. The van der Waals surface area contributed by atoms with E-state index in [0.29, 0.717) is 0 Å². The van der Waals surface area contributed by atoms with Crippen LogP contribution in [0.5, 0.6) is 5.75 Å². The first-order chi connectivity index (χ1) is 11.5. The maximum absolute atomic E-state index is 13.4. The fraction of sp³-hybridized carbons (Fsp3) is 0.118. The van der Waals surface area contributed by atoms with Crippen molar-refractivity contribution in [3.63, 3.8) is 0 Å². The van der Waals surface area contributed by atoms with E-state index in [1.807, 2.05) is 0 Å². The molecule has 0 bridgehead atoms. The summed E-state index contributed by atoms with van der Waals surface area (Å²) in [6, 6.07) is 10.3. The van der Waals surface area contributed by atoms with Crippen LogP contribution >= 0.6 is 0 Å². The number of halogens is 1. The second-order valence-electron chi connectivity index (χ2n) is 5.16. The van der Waals surface area contributed by atoms with Crippen LogP contribution in [0.1, 0.15) is 20.7 Å². The number of hydrogen-bond donors (Lipinski definition) is 1. The molecule has 0 aromatic heterocycles. The number of nitrogens with zero attached hydrogens (tertiary/aromatic N) is 1. The molecule has 7 heteroatoms. The lowest BCUT2D eigenvalue weighted by Crippen LogP contribution is -2.25. The minimum absolute atomic E-state index is 0.0445. The highest BCUT2D eigenvalue weighted by atomic mass is 19.1. The number of carbonyl (C=O) groups excluding carboxylic acids is 3. The third-order valence-corrected chi connectivity index (χ3v) is 3.59. The van der Waals surface area contributed by atoms with Gasteiger partial charge in [-0.2, -0.15) is 0 Å². The van der Waals surface area contributed by atoms with Crippen LogP contribution in [-0.2, 0) is 4.79 Å². The molecule has 1 heterocycles. The zero-order valence-corrected chi connectivity index (χ0v) is 12.7. The molecule has 0 saturated heterocycles. The number of hydrogen-bond acceptors (Lipinski definition) is 4. The maximum atomic E-state index is 13.4. The Labute approximate surface area is 136 Å². The molecule has 0 radical (unpaired) electrons. The largest absolute Gasteiger partial charge is 0.481 e. The standard InChI is InChI=1S/C17H13FN2O4/c1-20-16(22)10-5-4-7-12(15(10)17(20)23)19-14(21)9-24-13-8-3-2-6-11(13)18/h2-8H,9H2,1H3,(H,19,21). The highest BCUT2D eigenvalue weighted by molar-refractivity contribution is 6.24. The highest BCUT2D eigenvalue weighted by Crippen LogP contribution is 2.28. The molecule has 0 spiro atoms. The molecule has 24 heavy (non-hydrogen) atoms. The van der Waals surface area contributed by atoms with Gasteiger partial charge in [0.15, 0.2) is 18.2 Å². The van der Waals surface area contributed by atoms with Gasteiger partial charge in [0, 0.05) is 7.05 Å². The van der Waals surface area contributed by atoms with Crippen molar-refractivity contribution in [3.05, 3.63) is 59.4 Å². The van der Waals surface area contributed by atoms with Crippen LogP contribution in [0.25, 0.3) is 0 Å². The van der Waals surface area contributed by atoms with Crippen LogP contribution in [-0.4, -0.2) is 36.3 Å². The lowest BCUT2D eigenvalue weighted by Gasteiger charge is -2.10. The molecule has 3 amide bonds. The van der Waals surface area contributed by atoms with Crippen molar-refractivity contribution < 1.29 is 23.5 Å². The summed E-state index contributed by atoms with van der Waals surface area (Å²) >= 11 is 0. The number of fused-ring (bicyclic) bond motifs is 1. The van der Waals surface area contributed by atoms with Crippen LogP contribution in [0.2, 0.25) is 0 Å². The number of amides is 3. The third kappa shape index (κ3) is 2.71. The summed E-state index contributed by atoms with van der Waals surface area (Å²) in [5, 5.41) is 2.52. The van der Waals surface area contributed by atoms with E-state index in [9.17, 15) is 18.8 Å². The minimum atomic E-state index is -0.576. The zero-order chi connectivity index (χ0) is 17.3. The summed E-state index contributed by atoms with van der Waals surface area (Å²) < 4.78 is 18.5. The first-order valence-electron chi connectivity index (χ1n) is 7.11. The van der Waals surface area contributed by atoms with Crippen LogP contribution in [0.15, 0.2) is 42.5 Å². The fourth-order valence-electron chi connectivity index (χ4n) is 2.40. The van der Waals surface area contributed by atoms with E-state index in [4.69, 9.17) is 4.74 Å². The Hall–Kier alpha value is -3.22. The van der Waals surface area contributed by atoms with Crippen molar-refractivity contribution >= 4 is 23.4 Å². The summed E-state index contributed by atoms with van der Waals surface area (Å²) in [6.07, 6.45) is 0. The van der Waals surface area contributed by atoms with Gasteiger partial charge in [-0.1, -0.05) is 18.2 Å². The first kappa shape index (κ1) is 15.7. The van der Waals surface area contributed by atoms with Crippen LogP contribution in [0.4, 0.5) is 10.1 Å². The van der Waals surface area contributed by atoms with Gasteiger partial charge in [0.2, 0.25) is 0 Å². The zero-order valence-electron chi connectivity index (χ0n) is 12.7. The number of nitrogens with one attached hydrogen (secondary N) is 1. The summed E-state index contributed by atoms with van der Waals surface area (Å²) in [5.41, 5.74) is 0.594. The molecule has 0 saturated carbocycles. The number of ether oxygens (including phenoxy) is 1. The van der Waals surface area contributed by atoms with Crippen LogP contribution in [0.3, 0.4) is 0 Å². The SMILES string of the molecule is CN1C(=O)c2cccc(NC(=O)COc3ccccc3F)c2C1=O. The van der Waals surface area contributed by atoms with E-state index in [2.05, 4.69) is 5.32 Å². The molecule has 0 aliphatic carbocycles. The number of imide groups is 1. The topological polar surface area (TPSA) is 75.7 Å². The molecule has 1 aliphatic rings. The number of benzene rings is 2. The molecule has 6 nitrogen and oxygen atoms in total. The molecule has 2 aromatic rings. The average molecular weight is 328 g/mol. The monoisotopic (exact) mass is 328 g/mol. The lowest BCUT2D eigenvalue weighted by molar-refractivity contribution is -0.118. The summed E-state index contributed by atoms with van der Waals surface area (Å²) in [4.78, 5) is 37.0. The van der Waals surface area contributed by atoms with Gasteiger partial charge in [0.05, 0.1) is 16.8 Å². The molecule has 0 atom stereocenters. The van der Waals surface area contributed by atoms with Gasteiger partial charge in [0.1, 0.15) is 0 Å². The Morgan fingerprint density at radius 1 is 1.12 bits per heavy atom.